The first-order valence-corrected chi connectivity index (χ1v) is 19.6. The standard InChI is InChI=1S/C40H80O2/c1-7-13-17-19-21-23-24-26-28-30-34-39(33-29-27-25-22-20-18-14-8-2)40(41-35-37(11-5)31-15-9-3)42-36-38(12-6)32-16-10-4/h34,37-38,40H,7-33,35-36H2,1-6H3/b39-34-. The lowest BCUT2D eigenvalue weighted by atomic mass is 9.99. The monoisotopic (exact) mass is 593 g/mol. The lowest BCUT2D eigenvalue weighted by Gasteiger charge is -2.27. The predicted octanol–water partition coefficient (Wildman–Crippen LogP) is 14.2. The molecular weight excluding hydrogens is 512 g/mol. The van der Waals surface area contributed by atoms with E-state index in [0.717, 1.165) is 19.6 Å². The first kappa shape index (κ1) is 41.7. The maximum Gasteiger partial charge on any atom is 0.179 e. The average Bonchev–Trinajstić information content (AvgIpc) is 3.01. The third kappa shape index (κ3) is 26.1. The summed E-state index contributed by atoms with van der Waals surface area (Å²) in [7, 11) is 0. The van der Waals surface area contributed by atoms with Crippen LogP contribution in [0.15, 0.2) is 11.6 Å². The van der Waals surface area contributed by atoms with Crippen molar-refractivity contribution in [3.63, 3.8) is 0 Å². The summed E-state index contributed by atoms with van der Waals surface area (Å²) in [6.45, 7) is 15.6. The summed E-state index contributed by atoms with van der Waals surface area (Å²) >= 11 is 0. The second-order valence-electron chi connectivity index (χ2n) is 13.5. The lowest BCUT2D eigenvalue weighted by Crippen LogP contribution is -2.26. The van der Waals surface area contributed by atoms with Gasteiger partial charge in [-0.3, -0.25) is 0 Å². The Balaban J connectivity index is 5.20. The summed E-state index contributed by atoms with van der Waals surface area (Å²) in [5.41, 5.74) is 1.45. The van der Waals surface area contributed by atoms with Crippen LogP contribution in [0.4, 0.5) is 0 Å². The number of allylic oxidation sites excluding steroid dienone is 1. The van der Waals surface area contributed by atoms with Crippen molar-refractivity contribution in [3.8, 4) is 0 Å². The summed E-state index contributed by atoms with van der Waals surface area (Å²) in [5.74, 6) is 1.31. The second-order valence-corrected chi connectivity index (χ2v) is 13.5. The maximum atomic E-state index is 6.73. The molecule has 0 aromatic carbocycles. The molecule has 0 rings (SSSR count). The third-order valence-corrected chi connectivity index (χ3v) is 9.39. The molecule has 0 aliphatic carbocycles. The van der Waals surface area contributed by atoms with E-state index in [-0.39, 0.29) is 6.29 Å². The van der Waals surface area contributed by atoms with Crippen molar-refractivity contribution in [2.45, 2.75) is 221 Å². The molecule has 0 aliphatic rings. The molecule has 2 unspecified atom stereocenters. The predicted molar refractivity (Wildman–Crippen MR) is 189 cm³/mol. The fourth-order valence-corrected chi connectivity index (χ4v) is 6.03. The SMILES string of the molecule is CCCCCCCCCCC/C=C(/CCCCCCCCCC)C(OCC(CC)CCCC)OCC(CC)CCCC. The van der Waals surface area contributed by atoms with Gasteiger partial charge in [-0.15, -0.1) is 0 Å². The molecule has 0 fully saturated rings. The van der Waals surface area contributed by atoms with Crippen molar-refractivity contribution in [1.29, 1.82) is 0 Å². The first-order chi connectivity index (χ1) is 20.7. The number of unbranched alkanes of at least 4 members (excludes halogenated alkanes) is 18. The zero-order valence-electron chi connectivity index (χ0n) is 30.1. The minimum Gasteiger partial charge on any atom is -0.348 e. The molecule has 0 radical (unpaired) electrons. The molecule has 0 saturated carbocycles. The second kappa shape index (κ2) is 33.6. The maximum absolute atomic E-state index is 6.73. The minimum absolute atomic E-state index is 0.139. The van der Waals surface area contributed by atoms with Crippen molar-refractivity contribution in [1.82, 2.24) is 0 Å². The van der Waals surface area contributed by atoms with E-state index >= 15 is 0 Å². The van der Waals surface area contributed by atoms with E-state index in [1.807, 2.05) is 0 Å². The summed E-state index contributed by atoms with van der Waals surface area (Å²) in [6.07, 6.45) is 38.4. The Morgan fingerprint density at radius 3 is 1.24 bits per heavy atom. The molecule has 0 bridgehead atoms. The molecule has 42 heavy (non-hydrogen) atoms. The van der Waals surface area contributed by atoms with E-state index < -0.39 is 0 Å². The molecule has 0 aromatic rings. The quantitative estimate of drug-likeness (QED) is 0.0420. The van der Waals surface area contributed by atoms with Crippen LogP contribution in [-0.4, -0.2) is 19.5 Å². The molecule has 2 atom stereocenters. The summed E-state index contributed by atoms with van der Waals surface area (Å²) in [6, 6.07) is 0. The van der Waals surface area contributed by atoms with Gasteiger partial charge in [0, 0.05) is 0 Å². The first-order valence-electron chi connectivity index (χ1n) is 19.6. The van der Waals surface area contributed by atoms with Crippen LogP contribution in [0, 0.1) is 11.8 Å². The van der Waals surface area contributed by atoms with Gasteiger partial charge < -0.3 is 9.47 Å². The summed E-state index contributed by atoms with van der Waals surface area (Å²) < 4.78 is 13.5. The van der Waals surface area contributed by atoms with Gasteiger partial charge in [-0.1, -0.05) is 182 Å². The highest BCUT2D eigenvalue weighted by Crippen LogP contribution is 2.24. The number of hydrogen-bond acceptors (Lipinski definition) is 2. The molecule has 0 spiro atoms. The molecule has 252 valence electrons. The summed E-state index contributed by atoms with van der Waals surface area (Å²) in [5, 5.41) is 0. The van der Waals surface area contributed by atoms with Crippen LogP contribution in [0.25, 0.3) is 0 Å². The molecule has 0 saturated heterocycles. The molecule has 0 amide bonds. The zero-order valence-corrected chi connectivity index (χ0v) is 30.1. The van der Waals surface area contributed by atoms with E-state index in [0.29, 0.717) is 11.8 Å². The lowest BCUT2D eigenvalue weighted by molar-refractivity contribution is -0.137. The van der Waals surface area contributed by atoms with E-state index in [9.17, 15) is 0 Å². The molecule has 0 heterocycles. The van der Waals surface area contributed by atoms with E-state index in [4.69, 9.17) is 9.47 Å². The van der Waals surface area contributed by atoms with Crippen molar-refractivity contribution in [2.24, 2.45) is 11.8 Å². The molecule has 0 aromatic heterocycles. The molecule has 0 N–H and O–H groups in total. The van der Waals surface area contributed by atoms with Crippen LogP contribution < -0.4 is 0 Å². The molecule has 0 aliphatic heterocycles. The number of ether oxygens (including phenoxy) is 2. The molecule has 2 heteroatoms. The Kier molecular flexibility index (Phi) is 33.3. The Morgan fingerprint density at radius 2 is 0.833 bits per heavy atom. The average molecular weight is 593 g/mol. The Hall–Kier alpha value is -0.340. The largest absolute Gasteiger partial charge is 0.348 e. The van der Waals surface area contributed by atoms with Crippen molar-refractivity contribution < 1.29 is 9.47 Å². The number of rotatable bonds is 34. The van der Waals surface area contributed by atoms with Gasteiger partial charge in [0.1, 0.15) is 0 Å². The minimum atomic E-state index is -0.139. The topological polar surface area (TPSA) is 18.5 Å². The third-order valence-electron chi connectivity index (χ3n) is 9.39. The van der Waals surface area contributed by atoms with Crippen molar-refractivity contribution in [3.05, 3.63) is 11.6 Å². The van der Waals surface area contributed by atoms with Gasteiger partial charge in [-0.05, 0) is 55.9 Å². The Labute approximate surface area is 267 Å². The van der Waals surface area contributed by atoms with E-state index in [1.165, 1.54) is 173 Å². The van der Waals surface area contributed by atoms with Gasteiger partial charge in [-0.2, -0.15) is 0 Å². The Morgan fingerprint density at radius 1 is 0.452 bits per heavy atom. The fourth-order valence-electron chi connectivity index (χ4n) is 6.03. The van der Waals surface area contributed by atoms with Gasteiger partial charge in [0.2, 0.25) is 0 Å². The van der Waals surface area contributed by atoms with Crippen LogP contribution in [0.2, 0.25) is 0 Å². The van der Waals surface area contributed by atoms with Crippen LogP contribution in [-0.2, 0) is 9.47 Å². The van der Waals surface area contributed by atoms with E-state index in [1.54, 1.807) is 0 Å². The molecular formula is C40H80O2. The van der Waals surface area contributed by atoms with E-state index in [2.05, 4.69) is 47.6 Å². The van der Waals surface area contributed by atoms with Crippen LogP contribution in [0.1, 0.15) is 215 Å². The molecule has 2 nitrogen and oxygen atoms in total. The fraction of sp³-hybridized carbons (Fsp3) is 0.950. The zero-order chi connectivity index (χ0) is 30.9. The normalized spacial score (nSPS) is 14.4. The Bertz CT molecular complexity index is 522. The highest BCUT2D eigenvalue weighted by atomic mass is 16.7. The summed E-state index contributed by atoms with van der Waals surface area (Å²) in [4.78, 5) is 0. The van der Waals surface area contributed by atoms with Gasteiger partial charge in [-0.25, -0.2) is 0 Å². The van der Waals surface area contributed by atoms with Crippen LogP contribution in [0.3, 0.4) is 0 Å². The van der Waals surface area contributed by atoms with Crippen LogP contribution in [0.5, 0.6) is 0 Å². The van der Waals surface area contributed by atoms with Crippen molar-refractivity contribution >= 4 is 0 Å². The van der Waals surface area contributed by atoms with Gasteiger partial charge in [0.15, 0.2) is 6.29 Å². The number of hydrogen-bond donors (Lipinski definition) is 0. The highest BCUT2D eigenvalue weighted by molar-refractivity contribution is 5.06. The van der Waals surface area contributed by atoms with Crippen molar-refractivity contribution in [2.75, 3.05) is 13.2 Å². The smallest absolute Gasteiger partial charge is 0.179 e. The van der Waals surface area contributed by atoms with Gasteiger partial charge >= 0.3 is 0 Å². The van der Waals surface area contributed by atoms with Gasteiger partial charge in [0.25, 0.3) is 0 Å². The van der Waals surface area contributed by atoms with Crippen LogP contribution >= 0.6 is 0 Å². The van der Waals surface area contributed by atoms with Gasteiger partial charge in [0.05, 0.1) is 13.2 Å². The highest BCUT2D eigenvalue weighted by Gasteiger charge is 2.20.